The van der Waals surface area contributed by atoms with Crippen LogP contribution in [0.4, 0.5) is 18.9 Å². The minimum absolute atomic E-state index is 0.102. The normalized spacial score (nSPS) is 11.6. The average Bonchev–Trinajstić information content (AvgIpc) is 3.24. The Bertz CT molecular complexity index is 1310. The van der Waals surface area contributed by atoms with Gasteiger partial charge in [0.2, 0.25) is 0 Å². The van der Waals surface area contributed by atoms with Gasteiger partial charge in [-0.1, -0.05) is 18.2 Å². The summed E-state index contributed by atoms with van der Waals surface area (Å²) in [6.45, 7) is 0. The molecule has 0 unspecified atom stereocenters. The van der Waals surface area contributed by atoms with E-state index in [0.29, 0.717) is 0 Å². The second kappa shape index (κ2) is 7.10. The number of hydrogen-bond acceptors (Lipinski definition) is 5. The fraction of sp³-hybridized carbons (Fsp3) is 0.105. The molecule has 2 aromatic carbocycles. The number of fused-ring (bicyclic) bond motifs is 1. The maximum Gasteiger partial charge on any atom is 0.416 e. The van der Waals surface area contributed by atoms with Crippen molar-refractivity contribution >= 4 is 22.4 Å². The standard InChI is InChI=1S/C19H13F3N6O2/c1-27-18(30)13-5-3-2-4-12(13)16(26-27)17(29)25-14-8-11(19(20,21)22)6-7-15(14)28-10-23-9-24-28/h2-10H,1H3,(H,25,29). The van der Waals surface area contributed by atoms with Crippen molar-refractivity contribution in [1.29, 1.82) is 0 Å². The monoisotopic (exact) mass is 414 g/mol. The van der Waals surface area contributed by atoms with Crippen molar-refractivity contribution in [2.24, 2.45) is 7.05 Å². The Morgan fingerprint density at radius 2 is 1.83 bits per heavy atom. The molecule has 0 aliphatic heterocycles. The lowest BCUT2D eigenvalue weighted by atomic mass is 10.1. The number of nitrogens with one attached hydrogen (secondary N) is 1. The van der Waals surface area contributed by atoms with E-state index in [0.717, 1.165) is 16.8 Å². The molecule has 8 nitrogen and oxygen atoms in total. The summed E-state index contributed by atoms with van der Waals surface area (Å²) < 4.78 is 41.9. The van der Waals surface area contributed by atoms with Crippen molar-refractivity contribution < 1.29 is 18.0 Å². The van der Waals surface area contributed by atoms with Crippen molar-refractivity contribution in [3.63, 3.8) is 0 Å². The predicted octanol–water partition coefficient (Wildman–Crippen LogP) is 2.79. The highest BCUT2D eigenvalue weighted by Gasteiger charge is 2.31. The van der Waals surface area contributed by atoms with E-state index >= 15 is 0 Å². The van der Waals surface area contributed by atoms with E-state index in [4.69, 9.17) is 0 Å². The van der Waals surface area contributed by atoms with Gasteiger partial charge in [0.1, 0.15) is 12.7 Å². The van der Waals surface area contributed by atoms with Crippen LogP contribution in [0.5, 0.6) is 0 Å². The first-order valence-electron chi connectivity index (χ1n) is 8.59. The second-order valence-corrected chi connectivity index (χ2v) is 6.35. The highest BCUT2D eigenvalue weighted by atomic mass is 19.4. The third-order valence-electron chi connectivity index (χ3n) is 4.41. The third kappa shape index (κ3) is 3.41. The highest BCUT2D eigenvalue weighted by molar-refractivity contribution is 6.11. The van der Waals surface area contributed by atoms with E-state index in [1.807, 2.05) is 0 Å². The Balaban J connectivity index is 1.83. The molecule has 2 aromatic heterocycles. The smallest absolute Gasteiger partial charge is 0.319 e. The van der Waals surface area contributed by atoms with E-state index in [-0.39, 0.29) is 27.8 Å². The number of hydrogen-bond donors (Lipinski definition) is 1. The van der Waals surface area contributed by atoms with Crippen LogP contribution in [0.2, 0.25) is 0 Å². The zero-order valence-electron chi connectivity index (χ0n) is 15.4. The largest absolute Gasteiger partial charge is 0.416 e. The summed E-state index contributed by atoms with van der Waals surface area (Å²) in [6.07, 6.45) is -2.11. The number of alkyl halides is 3. The quantitative estimate of drug-likeness (QED) is 0.556. The van der Waals surface area contributed by atoms with Gasteiger partial charge in [-0.2, -0.15) is 23.4 Å². The Kier molecular flexibility index (Phi) is 4.57. The molecule has 2 heterocycles. The van der Waals surface area contributed by atoms with Crippen molar-refractivity contribution in [3.8, 4) is 5.69 Å². The Hall–Kier alpha value is -4.02. The van der Waals surface area contributed by atoms with Crippen molar-refractivity contribution in [3.05, 3.63) is 76.7 Å². The molecule has 0 spiro atoms. The topological polar surface area (TPSA) is 94.7 Å². The van der Waals surface area contributed by atoms with E-state index in [9.17, 15) is 22.8 Å². The van der Waals surface area contributed by atoms with Gasteiger partial charge >= 0.3 is 6.18 Å². The van der Waals surface area contributed by atoms with Crippen molar-refractivity contribution in [2.75, 3.05) is 5.32 Å². The van der Waals surface area contributed by atoms with Crippen LogP contribution in [0, 0.1) is 0 Å². The number of halogens is 3. The van der Waals surface area contributed by atoms with Gasteiger partial charge in [0, 0.05) is 12.4 Å². The molecular weight excluding hydrogens is 401 g/mol. The number of amides is 1. The lowest BCUT2D eigenvalue weighted by Gasteiger charge is -2.15. The molecule has 0 aliphatic rings. The summed E-state index contributed by atoms with van der Waals surface area (Å²) in [5.41, 5.74) is -1.40. The number of carbonyl (C=O) groups excluding carboxylic acids is 1. The zero-order valence-corrected chi connectivity index (χ0v) is 15.4. The highest BCUT2D eigenvalue weighted by Crippen LogP contribution is 2.33. The molecule has 0 aliphatic carbocycles. The summed E-state index contributed by atoms with van der Waals surface area (Å²) in [4.78, 5) is 29.0. The average molecular weight is 414 g/mol. The summed E-state index contributed by atoms with van der Waals surface area (Å²) in [5.74, 6) is -0.775. The number of aryl methyl sites for hydroxylation is 1. The number of carbonyl (C=O) groups is 1. The lowest BCUT2D eigenvalue weighted by molar-refractivity contribution is -0.137. The minimum Gasteiger partial charge on any atom is -0.319 e. The number of nitrogens with zero attached hydrogens (tertiary/aromatic N) is 5. The van der Waals surface area contributed by atoms with Crippen LogP contribution >= 0.6 is 0 Å². The van der Waals surface area contributed by atoms with Gasteiger partial charge in [-0.25, -0.2) is 14.3 Å². The maximum absolute atomic E-state index is 13.2. The first kappa shape index (κ1) is 19.3. The van der Waals surface area contributed by atoms with E-state index in [1.165, 1.54) is 30.5 Å². The Labute approximate surface area is 166 Å². The first-order chi connectivity index (χ1) is 14.3. The molecule has 0 saturated carbocycles. The Morgan fingerprint density at radius 3 is 2.50 bits per heavy atom. The number of anilines is 1. The van der Waals surface area contributed by atoms with Crippen molar-refractivity contribution in [1.82, 2.24) is 24.5 Å². The molecule has 0 fully saturated rings. The number of rotatable bonds is 3. The fourth-order valence-corrected chi connectivity index (χ4v) is 2.99. The SMILES string of the molecule is Cn1nc(C(=O)Nc2cc(C(F)(F)F)ccc2-n2cncn2)c2ccccc2c1=O. The molecular formula is C19H13F3N6O2. The molecule has 4 aromatic rings. The second-order valence-electron chi connectivity index (χ2n) is 6.35. The third-order valence-corrected chi connectivity index (χ3v) is 4.41. The van der Waals surface area contributed by atoms with Gasteiger partial charge in [0.25, 0.3) is 11.5 Å². The molecule has 0 atom stereocenters. The summed E-state index contributed by atoms with van der Waals surface area (Å²) in [5, 5.41) is 10.9. The molecule has 0 saturated heterocycles. The molecule has 0 bridgehead atoms. The molecule has 1 amide bonds. The predicted molar refractivity (Wildman–Crippen MR) is 101 cm³/mol. The molecule has 30 heavy (non-hydrogen) atoms. The molecule has 152 valence electrons. The molecule has 11 heteroatoms. The van der Waals surface area contributed by atoms with Gasteiger partial charge in [-0.3, -0.25) is 9.59 Å². The fourth-order valence-electron chi connectivity index (χ4n) is 2.99. The van der Waals surface area contributed by atoms with E-state index < -0.39 is 23.2 Å². The Morgan fingerprint density at radius 1 is 1.10 bits per heavy atom. The van der Waals surface area contributed by atoms with Crippen LogP contribution in [0.3, 0.4) is 0 Å². The van der Waals surface area contributed by atoms with Crippen LogP contribution in [0.15, 0.2) is 59.9 Å². The first-order valence-corrected chi connectivity index (χ1v) is 8.59. The van der Waals surface area contributed by atoms with Crippen LogP contribution < -0.4 is 10.9 Å². The van der Waals surface area contributed by atoms with Gasteiger partial charge in [-0.05, 0) is 24.3 Å². The lowest BCUT2D eigenvalue weighted by Crippen LogP contribution is -2.25. The van der Waals surface area contributed by atoms with Crippen LogP contribution in [-0.4, -0.2) is 30.5 Å². The van der Waals surface area contributed by atoms with Gasteiger partial charge in [0.05, 0.1) is 22.3 Å². The molecule has 1 N–H and O–H groups in total. The maximum atomic E-state index is 13.2. The van der Waals surface area contributed by atoms with E-state index in [2.05, 4.69) is 20.5 Å². The van der Waals surface area contributed by atoms with E-state index in [1.54, 1.807) is 24.3 Å². The van der Waals surface area contributed by atoms with Gasteiger partial charge in [-0.15, -0.1) is 0 Å². The zero-order chi connectivity index (χ0) is 21.5. The minimum atomic E-state index is -4.61. The van der Waals surface area contributed by atoms with Crippen LogP contribution in [0.1, 0.15) is 16.1 Å². The summed E-state index contributed by atoms with van der Waals surface area (Å²) >= 11 is 0. The molecule has 0 radical (unpaired) electrons. The van der Waals surface area contributed by atoms with Gasteiger partial charge < -0.3 is 5.32 Å². The van der Waals surface area contributed by atoms with Crippen molar-refractivity contribution in [2.45, 2.75) is 6.18 Å². The number of aromatic nitrogens is 5. The van der Waals surface area contributed by atoms with Gasteiger partial charge in [0.15, 0.2) is 5.69 Å². The molecule has 4 rings (SSSR count). The van der Waals surface area contributed by atoms with Crippen LogP contribution in [-0.2, 0) is 13.2 Å². The summed E-state index contributed by atoms with van der Waals surface area (Å²) in [6, 6.07) is 9.22. The van der Waals surface area contributed by atoms with Crippen LogP contribution in [0.25, 0.3) is 16.5 Å². The summed E-state index contributed by atoms with van der Waals surface area (Å²) in [7, 11) is 1.39. The number of benzene rings is 2.